The molecule has 0 aliphatic heterocycles. The minimum absolute atomic E-state index is 0. The Bertz CT molecular complexity index is 703. The topological polar surface area (TPSA) is 12.0 Å². The van der Waals surface area contributed by atoms with Gasteiger partial charge in [-0.25, -0.2) is 4.39 Å². The van der Waals surface area contributed by atoms with Crippen LogP contribution in [0, 0.1) is 5.82 Å². The largest absolute Gasteiger partial charge is 1.00 e. The lowest BCUT2D eigenvalue weighted by Gasteiger charge is -2.20. The van der Waals surface area contributed by atoms with Gasteiger partial charge >= 0.3 is 0 Å². The normalized spacial score (nSPS) is 10.5. The molecule has 3 rings (SSSR count). The molecular weight excluding hydrogens is 344 g/mol. The molecule has 0 radical (unpaired) electrons. The van der Waals surface area contributed by atoms with Gasteiger partial charge in [0.05, 0.1) is 6.04 Å². The molecule has 1 N–H and O–H groups in total. The molecule has 0 unspecified atom stereocenters. The standard InChI is InChI=1S/C20H17ClFN.ClH/c21-18-12-7-13-19(22)17(18)14-23-20(15-8-3-1-4-9-15)16-10-5-2-6-11-16;/h1-13,20,23H,14H2;1H/p-1. The fourth-order valence-electron chi connectivity index (χ4n) is 2.62. The molecule has 3 aromatic rings. The third-order valence-corrected chi connectivity index (χ3v) is 4.16. The van der Waals surface area contributed by atoms with Gasteiger partial charge in [-0.2, -0.15) is 0 Å². The molecule has 0 saturated heterocycles. The lowest BCUT2D eigenvalue weighted by Crippen LogP contribution is -3.00. The lowest BCUT2D eigenvalue weighted by molar-refractivity contribution is -0.00000505. The molecule has 0 spiro atoms. The van der Waals surface area contributed by atoms with E-state index in [1.54, 1.807) is 12.1 Å². The summed E-state index contributed by atoms with van der Waals surface area (Å²) in [7, 11) is 0. The molecule has 0 heterocycles. The number of nitrogens with one attached hydrogen (secondary N) is 1. The van der Waals surface area contributed by atoms with Gasteiger partial charge in [-0.1, -0.05) is 78.3 Å². The second-order valence-electron chi connectivity index (χ2n) is 5.34. The zero-order valence-corrected chi connectivity index (χ0v) is 14.4. The summed E-state index contributed by atoms with van der Waals surface area (Å²) in [6.07, 6.45) is 0. The molecule has 0 fully saturated rings. The van der Waals surface area contributed by atoms with E-state index in [2.05, 4.69) is 29.6 Å². The maximum atomic E-state index is 14.0. The van der Waals surface area contributed by atoms with E-state index in [1.165, 1.54) is 6.07 Å². The van der Waals surface area contributed by atoms with Crippen LogP contribution in [0.4, 0.5) is 4.39 Å². The SMILES string of the molecule is Fc1cccc(Cl)c1CNC(c1ccccc1)c1ccccc1.[Cl-]. The van der Waals surface area contributed by atoms with Crippen LogP contribution in [0.1, 0.15) is 22.7 Å². The molecular formula is C20H17Cl2FN-. The average Bonchev–Trinajstić information content (AvgIpc) is 2.59. The highest BCUT2D eigenvalue weighted by Gasteiger charge is 2.15. The minimum Gasteiger partial charge on any atom is -1.00 e. The molecule has 24 heavy (non-hydrogen) atoms. The molecule has 0 amide bonds. The van der Waals surface area contributed by atoms with Crippen LogP contribution in [0.25, 0.3) is 0 Å². The van der Waals surface area contributed by atoms with Crippen molar-refractivity contribution in [3.05, 3.63) is 106 Å². The van der Waals surface area contributed by atoms with Crippen molar-refractivity contribution in [1.82, 2.24) is 5.32 Å². The Morgan fingerprint density at radius 1 is 0.792 bits per heavy atom. The third-order valence-electron chi connectivity index (χ3n) is 3.81. The van der Waals surface area contributed by atoms with Crippen molar-refractivity contribution in [2.45, 2.75) is 12.6 Å². The first-order valence-electron chi connectivity index (χ1n) is 7.52. The Hall–Kier alpha value is -1.87. The summed E-state index contributed by atoms with van der Waals surface area (Å²) in [5.41, 5.74) is 2.75. The summed E-state index contributed by atoms with van der Waals surface area (Å²) in [4.78, 5) is 0. The summed E-state index contributed by atoms with van der Waals surface area (Å²) in [5.74, 6) is -0.287. The molecule has 4 heteroatoms. The summed E-state index contributed by atoms with van der Waals surface area (Å²) < 4.78 is 14.0. The number of halogens is 3. The zero-order valence-electron chi connectivity index (χ0n) is 12.9. The van der Waals surface area contributed by atoms with Crippen LogP contribution >= 0.6 is 11.6 Å². The molecule has 0 atom stereocenters. The van der Waals surface area contributed by atoms with E-state index < -0.39 is 0 Å². The van der Waals surface area contributed by atoms with Crippen molar-refractivity contribution in [3.63, 3.8) is 0 Å². The molecule has 0 bridgehead atoms. The van der Waals surface area contributed by atoms with Crippen LogP contribution < -0.4 is 17.7 Å². The van der Waals surface area contributed by atoms with Gasteiger partial charge in [0.1, 0.15) is 5.82 Å². The first-order chi connectivity index (χ1) is 11.3. The Morgan fingerprint density at radius 2 is 1.33 bits per heavy atom. The minimum atomic E-state index is -0.287. The predicted octanol–water partition coefficient (Wildman–Crippen LogP) is 2.36. The van der Waals surface area contributed by atoms with Crippen LogP contribution in [0.2, 0.25) is 5.02 Å². The van der Waals surface area contributed by atoms with E-state index >= 15 is 0 Å². The second kappa shape index (κ2) is 8.84. The maximum Gasteiger partial charge on any atom is 0.129 e. The van der Waals surface area contributed by atoms with Crippen molar-refractivity contribution < 1.29 is 16.8 Å². The molecule has 0 aliphatic rings. The highest BCUT2D eigenvalue weighted by atomic mass is 35.5. The molecule has 124 valence electrons. The van der Waals surface area contributed by atoms with E-state index in [4.69, 9.17) is 11.6 Å². The van der Waals surface area contributed by atoms with E-state index in [1.807, 2.05) is 36.4 Å². The number of hydrogen-bond acceptors (Lipinski definition) is 1. The van der Waals surface area contributed by atoms with Gasteiger partial charge in [-0.3, -0.25) is 0 Å². The highest BCUT2D eigenvalue weighted by molar-refractivity contribution is 6.31. The summed E-state index contributed by atoms with van der Waals surface area (Å²) in [5, 5.41) is 3.87. The van der Waals surface area contributed by atoms with Crippen molar-refractivity contribution >= 4 is 11.6 Å². The van der Waals surface area contributed by atoms with Crippen molar-refractivity contribution in [2.24, 2.45) is 0 Å². The quantitative estimate of drug-likeness (QED) is 0.736. The van der Waals surface area contributed by atoms with Crippen LogP contribution in [0.3, 0.4) is 0 Å². The number of rotatable bonds is 5. The van der Waals surface area contributed by atoms with Crippen LogP contribution in [-0.4, -0.2) is 0 Å². The molecule has 0 aliphatic carbocycles. The van der Waals surface area contributed by atoms with Gasteiger partial charge in [-0.05, 0) is 23.3 Å². The van der Waals surface area contributed by atoms with Gasteiger partial charge in [0.25, 0.3) is 0 Å². The van der Waals surface area contributed by atoms with Gasteiger partial charge in [-0.15, -0.1) is 0 Å². The molecule has 1 nitrogen and oxygen atoms in total. The van der Waals surface area contributed by atoms with E-state index in [0.717, 1.165) is 11.1 Å². The number of hydrogen-bond donors (Lipinski definition) is 1. The Morgan fingerprint density at radius 3 is 1.83 bits per heavy atom. The van der Waals surface area contributed by atoms with Crippen molar-refractivity contribution in [1.29, 1.82) is 0 Å². The number of benzene rings is 3. The monoisotopic (exact) mass is 360 g/mol. The van der Waals surface area contributed by atoms with Gasteiger partial charge in [0.15, 0.2) is 0 Å². The first kappa shape index (κ1) is 18.5. The Balaban J connectivity index is 0.00000208. The summed E-state index contributed by atoms with van der Waals surface area (Å²) in [6.45, 7) is 0.361. The van der Waals surface area contributed by atoms with Gasteiger partial charge in [0, 0.05) is 17.1 Å². The molecule has 0 aromatic heterocycles. The highest BCUT2D eigenvalue weighted by Crippen LogP contribution is 2.24. The lowest BCUT2D eigenvalue weighted by atomic mass is 9.98. The summed E-state index contributed by atoms with van der Waals surface area (Å²) >= 11 is 6.12. The van der Waals surface area contributed by atoms with Crippen molar-refractivity contribution in [2.75, 3.05) is 0 Å². The smallest absolute Gasteiger partial charge is 0.129 e. The van der Waals surface area contributed by atoms with Gasteiger partial charge in [0.2, 0.25) is 0 Å². The Labute approximate surface area is 152 Å². The average molecular weight is 361 g/mol. The van der Waals surface area contributed by atoms with E-state index in [0.29, 0.717) is 17.1 Å². The van der Waals surface area contributed by atoms with Crippen LogP contribution in [0.5, 0.6) is 0 Å². The fourth-order valence-corrected chi connectivity index (χ4v) is 2.85. The summed E-state index contributed by atoms with van der Waals surface area (Å²) in [6, 6.07) is 25.0. The van der Waals surface area contributed by atoms with E-state index in [9.17, 15) is 4.39 Å². The van der Waals surface area contributed by atoms with Crippen LogP contribution in [0.15, 0.2) is 78.9 Å². The molecule has 3 aromatic carbocycles. The Kier molecular flexibility index (Phi) is 6.80. The van der Waals surface area contributed by atoms with E-state index in [-0.39, 0.29) is 24.3 Å². The van der Waals surface area contributed by atoms with Crippen LogP contribution in [-0.2, 0) is 6.54 Å². The predicted molar refractivity (Wildman–Crippen MR) is 93.0 cm³/mol. The zero-order chi connectivity index (χ0) is 16.1. The second-order valence-corrected chi connectivity index (χ2v) is 5.74. The maximum absolute atomic E-state index is 14.0. The molecule has 0 saturated carbocycles. The van der Waals surface area contributed by atoms with Gasteiger partial charge < -0.3 is 17.7 Å². The first-order valence-corrected chi connectivity index (χ1v) is 7.89. The van der Waals surface area contributed by atoms with Crippen molar-refractivity contribution in [3.8, 4) is 0 Å². The fraction of sp³-hybridized carbons (Fsp3) is 0.100. The third kappa shape index (κ3) is 4.35.